The van der Waals surface area contributed by atoms with Crippen LogP contribution in [0, 0.1) is 24.3 Å². The van der Waals surface area contributed by atoms with Gasteiger partial charge in [0, 0.05) is 54.0 Å². The van der Waals surface area contributed by atoms with Gasteiger partial charge in [0.2, 0.25) is 0 Å². The van der Waals surface area contributed by atoms with Gasteiger partial charge in [0.1, 0.15) is 0 Å². The van der Waals surface area contributed by atoms with Crippen molar-refractivity contribution in [2.75, 3.05) is 0 Å². The molecule has 274 valence electrons. The summed E-state index contributed by atoms with van der Waals surface area (Å²) in [5.41, 5.74) is 16.8. The summed E-state index contributed by atoms with van der Waals surface area (Å²) in [4.78, 5) is 11.0. The van der Waals surface area contributed by atoms with E-state index in [1.54, 1.807) is 11.3 Å². The Labute approximate surface area is 358 Å². The number of fused-ring (bicyclic) bond motifs is 11. The molecule has 6 heterocycles. The molecule has 0 amide bonds. The summed E-state index contributed by atoms with van der Waals surface area (Å²) >= 11 is 7.85. The molecule has 57 heavy (non-hydrogen) atoms. The average Bonchev–Trinajstić information content (AvgIpc) is 4.08. The molecule has 0 aliphatic carbocycles. The lowest BCUT2D eigenvalue weighted by Crippen LogP contribution is -1.87. The lowest BCUT2D eigenvalue weighted by molar-refractivity contribution is 1.33. The van der Waals surface area contributed by atoms with Gasteiger partial charge in [0.05, 0.1) is 22.8 Å². The first kappa shape index (κ1) is 36.1. The predicted octanol–water partition coefficient (Wildman–Crippen LogP) is 16.1. The molecule has 10 rings (SSSR count). The molecule has 0 unspecified atom stereocenters. The highest BCUT2D eigenvalue weighted by atomic mass is 127. The van der Waals surface area contributed by atoms with Crippen molar-refractivity contribution in [3.8, 4) is 44.5 Å². The van der Waals surface area contributed by atoms with Crippen molar-refractivity contribution < 1.29 is 0 Å². The number of halogens is 1. The molecule has 0 atom stereocenters. The normalized spacial score (nSPS) is 12.1. The van der Waals surface area contributed by atoms with E-state index in [4.69, 9.17) is 9.97 Å². The van der Waals surface area contributed by atoms with Crippen LogP contribution in [0.5, 0.6) is 0 Å². The molecule has 0 saturated heterocycles. The smallest absolute Gasteiger partial charge is 0.0730 e. The fourth-order valence-corrected chi connectivity index (χ4v) is 11.3. The van der Waals surface area contributed by atoms with Gasteiger partial charge in [-0.1, -0.05) is 102 Å². The van der Waals surface area contributed by atoms with Crippen molar-refractivity contribution in [1.82, 2.24) is 9.97 Å². The zero-order valence-electron chi connectivity index (χ0n) is 31.5. The lowest BCUT2D eigenvalue weighted by Gasteiger charge is -2.06. The van der Waals surface area contributed by atoms with Gasteiger partial charge in [-0.2, -0.15) is 0 Å². The first-order chi connectivity index (χ1) is 27.8. The summed E-state index contributed by atoms with van der Waals surface area (Å²) in [5.74, 6) is 0. The zero-order chi connectivity index (χ0) is 38.6. The van der Waals surface area contributed by atoms with Crippen LogP contribution in [0.3, 0.4) is 0 Å². The second-order valence-corrected chi connectivity index (χ2v) is 19.0. The molecule has 10 bridgehead atoms. The van der Waals surface area contributed by atoms with E-state index in [9.17, 15) is 0 Å². The van der Waals surface area contributed by atoms with Crippen molar-refractivity contribution >= 4 is 109 Å². The van der Waals surface area contributed by atoms with Gasteiger partial charge in [0.15, 0.2) is 0 Å². The van der Waals surface area contributed by atoms with Gasteiger partial charge in [-0.15, -0.1) is 34.0 Å². The second kappa shape index (κ2) is 14.9. The SMILES string of the molecule is Cc1ccc(-c2c3nc(c(-c4ccc(C)cc4)c4ccc(s4)c4ccc(s4)c(-c4ccc(C)cc4)c4nc(c(-c5ccc(I)cc5)c5ccc2s5)C=C4)C=C3)cc1. The summed E-state index contributed by atoms with van der Waals surface area (Å²) in [6, 6.07) is 49.0. The van der Waals surface area contributed by atoms with Crippen molar-refractivity contribution in [1.29, 1.82) is 0 Å². The van der Waals surface area contributed by atoms with Crippen molar-refractivity contribution in [2.24, 2.45) is 0 Å². The quantitative estimate of drug-likeness (QED) is 0.165. The zero-order valence-corrected chi connectivity index (χ0v) is 36.1. The summed E-state index contributed by atoms with van der Waals surface area (Å²) in [7, 11) is 0. The molecule has 0 spiro atoms. The minimum Gasteiger partial charge on any atom is -0.248 e. The summed E-state index contributed by atoms with van der Waals surface area (Å²) in [6.07, 6.45) is 8.81. The Hall–Kier alpha value is -5.25. The first-order valence-corrected chi connectivity index (χ1v) is 22.4. The fourth-order valence-electron chi connectivity index (χ4n) is 7.54. The monoisotopic (exact) mass is 898 g/mol. The van der Waals surface area contributed by atoms with E-state index in [1.807, 2.05) is 22.7 Å². The highest BCUT2D eigenvalue weighted by Gasteiger charge is 2.19. The summed E-state index contributed by atoms with van der Waals surface area (Å²) in [5, 5.41) is 0. The van der Waals surface area contributed by atoms with E-state index in [0.29, 0.717) is 0 Å². The predicted molar refractivity (Wildman–Crippen MR) is 259 cm³/mol. The molecular formula is C51H35IN2S3. The number of benzene rings is 4. The second-order valence-electron chi connectivity index (χ2n) is 14.5. The van der Waals surface area contributed by atoms with Gasteiger partial charge in [-0.05, 0) is 138 Å². The Morgan fingerprint density at radius 1 is 0.316 bits per heavy atom. The third-order valence-corrected chi connectivity index (χ3v) is 14.7. The van der Waals surface area contributed by atoms with Gasteiger partial charge in [-0.3, -0.25) is 0 Å². The Kier molecular flexibility index (Phi) is 9.45. The molecule has 4 aromatic carbocycles. The Balaban J connectivity index is 1.38. The average molecular weight is 899 g/mol. The number of hydrogen-bond donors (Lipinski definition) is 0. The number of aromatic nitrogens is 2. The standard InChI is InChI=1S/C51H35IN2S3/c1-30-4-10-33(11-5-30)48-38-20-22-40(53-38)50(35-14-8-32(3)9-15-35)46-28-29-47(57-46)51(36-16-18-37(52)19-17-36)41-23-21-39(54-41)49(34-12-6-31(2)7-13-34)45-27-25-43(56-45)42-24-26-44(48)55-42/h4-29H,1-3H3. The van der Waals surface area contributed by atoms with Crippen LogP contribution in [0.15, 0.2) is 133 Å². The van der Waals surface area contributed by atoms with Crippen LogP contribution in [0.25, 0.3) is 97.0 Å². The maximum atomic E-state index is 5.50. The van der Waals surface area contributed by atoms with Crippen molar-refractivity contribution in [3.63, 3.8) is 0 Å². The molecular weight excluding hydrogens is 864 g/mol. The van der Waals surface area contributed by atoms with E-state index in [-0.39, 0.29) is 0 Å². The maximum Gasteiger partial charge on any atom is 0.0730 e. The van der Waals surface area contributed by atoms with E-state index in [2.05, 4.69) is 201 Å². The summed E-state index contributed by atoms with van der Waals surface area (Å²) in [6.45, 7) is 6.43. The molecule has 0 saturated carbocycles. The molecule has 6 heteroatoms. The third-order valence-electron chi connectivity index (χ3n) is 10.5. The van der Waals surface area contributed by atoms with Crippen LogP contribution in [0.2, 0.25) is 0 Å². The maximum absolute atomic E-state index is 5.50. The number of thiophene rings is 3. The number of rotatable bonds is 4. The molecule has 0 fully saturated rings. The summed E-state index contributed by atoms with van der Waals surface area (Å²) < 4.78 is 8.40. The Morgan fingerprint density at radius 2 is 0.561 bits per heavy atom. The highest BCUT2D eigenvalue weighted by molar-refractivity contribution is 14.1. The molecule has 0 radical (unpaired) electrons. The largest absolute Gasteiger partial charge is 0.248 e. The van der Waals surface area contributed by atoms with Gasteiger partial charge in [0.25, 0.3) is 0 Å². The topological polar surface area (TPSA) is 25.8 Å². The van der Waals surface area contributed by atoms with Crippen LogP contribution < -0.4 is 0 Å². The molecule has 4 aromatic heterocycles. The lowest BCUT2D eigenvalue weighted by atomic mass is 10.0. The van der Waals surface area contributed by atoms with Crippen LogP contribution in [-0.4, -0.2) is 9.97 Å². The van der Waals surface area contributed by atoms with Gasteiger partial charge >= 0.3 is 0 Å². The van der Waals surface area contributed by atoms with Crippen molar-refractivity contribution in [2.45, 2.75) is 20.8 Å². The molecule has 2 nitrogen and oxygen atoms in total. The van der Waals surface area contributed by atoms with Crippen LogP contribution in [0.1, 0.15) is 39.5 Å². The molecule has 2 aliphatic rings. The van der Waals surface area contributed by atoms with Crippen LogP contribution in [-0.2, 0) is 0 Å². The van der Waals surface area contributed by atoms with Gasteiger partial charge < -0.3 is 0 Å². The van der Waals surface area contributed by atoms with E-state index in [0.717, 1.165) is 72.0 Å². The van der Waals surface area contributed by atoms with E-state index in [1.165, 1.54) is 43.8 Å². The minimum absolute atomic E-state index is 0.963. The molecule has 2 aliphatic heterocycles. The third kappa shape index (κ3) is 6.95. The van der Waals surface area contributed by atoms with E-state index >= 15 is 0 Å². The Morgan fingerprint density at radius 3 is 0.860 bits per heavy atom. The Bertz CT molecular complexity index is 2910. The molecule has 0 N–H and O–H groups in total. The molecule has 8 aromatic rings. The number of nitrogens with zero attached hydrogens (tertiary/aromatic N) is 2. The fraction of sp³-hybridized carbons (Fsp3) is 0.0588. The number of hydrogen-bond acceptors (Lipinski definition) is 5. The van der Waals surface area contributed by atoms with Crippen LogP contribution >= 0.6 is 56.6 Å². The van der Waals surface area contributed by atoms with E-state index < -0.39 is 0 Å². The van der Waals surface area contributed by atoms with Gasteiger partial charge in [-0.25, -0.2) is 9.97 Å². The highest BCUT2D eigenvalue weighted by Crippen LogP contribution is 2.43. The number of aryl methyl sites for hydroxylation is 3. The first-order valence-electron chi connectivity index (χ1n) is 18.9. The van der Waals surface area contributed by atoms with Crippen molar-refractivity contribution in [3.05, 3.63) is 176 Å². The van der Waals surface area contributed by atoms with Crippen LogP contribution in [0.4, 0.5) is 0 Å². The minimum atomic E-state index is 0.963.